The van der Waals surface area contributed by atoms with Gasteiger partial charge in [0, 0.05) is 11.9 Å². The highest BCUT2D eigenvalue weighted by molar-refractivity contribution is 6.77. The van der Waals surface area contributed by atoms with Gasteiger partial charge in [0.2, 0.25) is 5.78 Å². The maximum absolute atomic E-state index is 12.0. The standard InChI is InChI=1S/C12H9Cl3N2O/c13-12(14,15)11(18)10-9(16)6-7-17(10)8-4-2-1-3-5-8/h1-7H,16H2. The van der Waals surface area contributed by atoms with Crippen molar-refractivity contribution < 1.29 is 4.79 Å². The molecule has 0 bridgehead atoms. The van der Waals surface area contributed by atoms with Crippen LogP contribution >= 0.6 is 34.8 Å². The summed E-state index contributed by atoms with van der Waals surface area (Å²) in [6.45, 7) is 0. The Balaban J connectivity index is 2.56. The Hall–Kier alpha value is -1.16. The van der Waals surface area contributed by atoms with E-state index in [9.17, 15) is 4.79 Å². The molecule has 0 aliphatic carbocycles. The maximum Gasteiger partial charge on any atom is 0.255 e. The molecular formula is C12H9Cl3N2O. The van der Waals surface area contributed by atoms with Gasteiger partial charge in [0.1, 0.15) is 5.69 Å². The highest BCUT2D eigenvalue weighted by Gasteiger charge is 2.35. The highest BCUT2D eigenvalue weighted by atomic mass is 35.6. The number of para-hydroxylation sites is 1. The number of alkyl halides is 3. The number of carbonyl (C=O) groups excluding carboxylic acids is 1. The largest absolute Gasteiger partial charge is 0.397 e. The molecule has 2 N–H and O–H groups in total. The first kappa shape index (κ1) is 13.3. The zero-order valence-electron chi connectivity index (χ0n) is 9.11. The van der Waals surface area contributed by atoms with Gasteiger partial charge in [-0.25, -0.2) is 0 Å². The minimum absolute atomic E-state index is 0.168. The molecule has 0 saturated heterocycles. The minimum Gasteiger partial charge on any atom is -0.397 e. The summed E-state index contributed by atoms with van der Waals surface area (Å²) in [5.41, 5.74) is 6.97. The Labute approximate surface area is 119 Å². The van der Waals surface area contributed by atoms with Crippen LogP contribution in [0.15, 0.2) is 42.6 Å². The van der Waals surface area contributed by atoms with Crippen LogP contribution in [0.2, 0.25) is 0 Å². The van der Waals surface area contributed by atoms with Crippen molar-refractivity contribution >= 4 is 46.3 Å². The molecule has 94 valence electrons. The van der Waals surface area contributed by atoms with E-state index in [1.165, 1.54) is 0 Å². The number of ketones is 1. The topological polar surface area (TPSA) is 48.0 Å². The van der Waals surface area contributed by atoms with Crippen molar-refractivity contribution in [2.75, 3.05) is 5.73 Å². The van der Waals surface area contributed by atoms with E-state index in [1.807, 2.05) is 30.3 Å². The van der Waals surface area contributed by atoms with Gasteiger partial charge in [-0.1, -0.05) is 53.0 Å². The third-order valence-corrected chi connectivity index (χ3v) is 2.94. The van der Waals surface area contributed by atoms with Gasteiger partial charge in [-0.05, 0) is 18.2 Å². The Morgan fingerprint density at radius 1 is 1.11 bits per heavy atom. The summed E-state index contributed by atoms with van der Waals surface area (Å²) >= 11 is 16.9. The molecule has 0 spiro atoms. The minimum atomic E-state index is -2.03. The van der Waals surface area contributed by atoms with Gasteiger partial charge in [-0.15, -0.1) is 0 Å². The summed E-state index contributed by atoms with van der Waals surface area (Å²) in [6.07, 6.45) is 1.66. The summed E-state index contributed by atoms with van der Waals surface area (Å²) in [4.78, 5) is 12.0. The summed E-state index contributed by atoms with van der Waals surface area (Å²) in [7, 11) is 0. The second-order valence-electron chi connectivity index (χ2n) is 3.65. The third-order valence-electron chi connectivity index (χ3n) is 2.42. The zero-order valence-corrected chi connectivity index (χ0v) is 11.4. The zero-order chi connectivity index (χ0) is 13.3. The summed E-state index contributed by atoms with van der Waals surface area (Å²) < 4.78 is -0.432. The number of rotatable bonds is 2. The fourth-order valence-electron chi connectivity index (χ4n) is 1.63. The smallest absolute Gasteiger partial charge is 0.255 e. The van der Waals surface area contributed by atoms with E-state index in [1.54, 1.807) is 16.8 Å². The lowest BCUT2D eigenvalue weighted by Crippen LogP contribution is -2.23. The van der Waals surface area contributed by atoms with Gasteiger partial charge in [-0.3, -0.25) is 4.79 Å². The summed E-state index contributed by atoms with van der Waals surface area (Å²) in [5, 5.41) is 0. The van der Waals surface area contributed by atoms with Crippen molar-refractivity contribution in [1.29, 1.82) is 0 Å². The second-order valence-corrected chi connectivity index (χ2v) is 5.93. The molecule has 1 heterocycles. The molecular weight excluding hydrogens is 295 g/mol. The number of anilines is 1. The molecule has 1 aromatic heterocycles. The number of hydrogen-bond donors (Lipinski definition) is 1. The van der Waals surface area contributed by atoms with Crippen molar-refractivity contribution in [2.45, 2.75) is 3.79 Å². The molecule has 0 amide bonds. The van der Waals surface area contributed by atoms with E-state index in [4.69, 9.17) is 40.5 Å². The van der Waals surface area contributed by atoms with Crippen LogP contribution in [0.25, 0.3) is 5.69 Å². The molecule has 18 heavy (non-hydrogen) atoms. The van der Waals surface area contributed by atoms with Crippen LogP contribution in [0.4, 0.5) is 5.69 Å². The molecule has 0 radical (unpaired) electrons. The van der Waals surface area contributed by atoms with Crippen molar-refractivity contribution in [2.24, 2.45) is 0 Å². The lowest BCUT2D eigenvalue weighted by atomic mass is 10.2. The summed E-state index contributed by atoms with van der Waals surface area (Å²) in [5.74, 6) is -0.654. The van der Waals surface area contributed by atoms with E-state index in [0.29, 0.717) is 0 Å². The van der Waals surface area contributed by atoms with Crippen LogP contribution < -0.4 is 5.73 Å². The number of aromatic nitrogens is 1. The molecule has 0 unspecified atom stereocenters. The van der Waals surface area contributed by atoms with Gasteiger partial charge in [-0.2, -0.15) is 0 Å². The van der Waals surface area contributed by atoms with Gasteiger partial charge >= 0.3 is 0 Å². The van der Waals surface area contributed by atoms with Crippen LogP contribution in [-0.2, 0) is 0 Å². The first-order valence-electron chi connectivity index (χ1n) is 5.05. The molecule has 0 aliphatic heterocycles. The van der Waals surface area contributed by atoms with Crippen molar-refractivity contribution in [1.82, 2.24) is 4.57 Å². The average Bonchev–Trinajstić information content (AvgIpc) is 2.70. The predicted molar refractivity (Wildman–Crippen MR) is 74.8 cm³/mol. The predicted octanol–water partition coefficient (Wildman–Crippen LogP) is 3.61. The quantitative estimate of drug-likeness (QED) is 0.680. The molecule has 0 aliphatic rings. The number of nitrogens with zero attached hydrogens (tertiary/aromatic N) is 1. The number of benzene rings is 1. The number of Topliss-reactive ketones (excluding diaryl/α,β-unsaturated/α-hetero) is 1. The Morgan fingerprint density at radius 2 is 1.72 bits per heavy atom. The van der Waals surface area contributed by atoms with Crippen LogP contribution in [0.3, 0.4) is 0 Å². The number of nitrogen functional groups attached to an aromatic ring is 1. The van der Waals surface area contributed by atoms with Crippen molar-refractivity contribution in [3.8, 4) is 5.69 Å². The molecule has 2 aromatic rings. The third kappa shape index (κ3) is 2.48. The summed E-state index contributed by atoms with van der Waals surface area (Å²) in [6, 6.07) is 10.8. The van der Waals surface area contributed by atoms with Crippen LogP contribution in [-0.4, -0.2) is 14.1 Å². The van der Waals surface area contributed by atoms with Crippen molar-refractivity contribution in [3.63, 3.8) is 0 Å². The number of nitrogens with two attached hydrogens (primary N) is 1. The highest BCUT2D eigenvalue weighted by Crippen LogP contribution is 2.33. The lowest BCUT2D eigenvalue weighted by molar-refractivity contribution is 0.0991. The SMILES string of the molecule is Nc1ccn(-c2ccccc2)c1C(=O)C(Cl)(Cl)Cl. The fraction of sp³-hybridized carbons (Fsp3) is 0.0833. The number of halogens is 3. The molecule has 1 aromatic carbocycles. The van der Waals surface area contributed by atoms with Crippen LogP contribution in [0.5, 0.6) is 0 Å². The number of hydrogen-bond acceptors (Lipinski definition) is 2. The van der Waals surface area contributed by atoms with Gasteiger partial charge in [0.05, 0.1) is 5.69 Å². The average molecular weight is 304 g/mol. The van der Waals surface area contributed by atoms with E-state index in [0.717, 1.165) is 5.69 Å². The molecule has 0 fully saturated rings. The lowest BCUT2D eigenvalue weighted by Gasteiger charge is -2.13. The molecule has 6 heteroatoms. The van der Waals surface area contributed by atoms with E-state index < -0.39 is 9.58 Å². The van der Waals surface area contributed by atoms with Crippen LogP contribution in [0, 0.1) is 0 Å². The molecule has 3 nitrogen and oxygen atoms in total. The number of carbonyl (C=O) groups is 1. The van der Waals surface area contributed by atoms with E-state index in [2.05, 4.69) is 0 Å². The normalized spacial score (nSPS) is 11.5. The molecule has 2 rings (SSSR count). The molecule has 0 atom stereocenters. The van der Waals surface area contributed by atoms with Gasteiger partial charge in [0.25, 0.3) is 3.79 Å². The maximum atomic E-state index is 12.0. The van der Waals surface area contributed by atoms with E-state index >= 15 is 0 Å². The second kappa shape index (κ2) is 4.84. The first-order chi connectivity index (χ1) is 8.41. The Kier molecular flexibility index (Phi) is 3.57. The van der Waals surface area contributed by atoms with Crippen molar-refractivity contribution in [3.05, 3.63) is 48.3 Å². The van der Waals surface area contributed by atoms with Gasteiger partial charge in [0.15, 0.2) is 0 Å². The first-order valence-corrected chi connectivity index (χ1v) is 6.18. The van der Waals surface area contributed by atoms with Gasteiger partial charge < -0.3 is 10.3 Å². The fourth-order valence-corrected chi connectivity index (χ4v) is 1.89. The van der Waals surface area contributed by atoms with Crippen LogP contribution in [0.1, 0.15) is 10.5 Å². The monoisotopic (exact) mass is 302 g/mol. The Morgan fingerprint density at radius 3 is 2.28 bits per heavy atom. The molecule has 0 saturated carbocycles. The Bertz CT molecular complexity index is 573. The van der Waals surface area contributed by atoms with E-state index in [-0.39, 0.29) is 11.4 Å².